The Balaban J connectivity index is 1.21. The third-order valence-electron chi connectivity index (χ3n) is 13.8. The van der Waals surface area contributed by atoms with Crippen molar-refractivity contribution in [1.29, 1.82) is 0 Å². The zero-order valence-corrected chi connectivity index (χ0v) is 35.7. The highest BCUT2D eigenvalue weighted by Gasteiger charge is 2.46. The number of benzene rings is 12. The van der Waals surface area contributed by atoms with Crippen LogP contribution in [-0.4, -0.2) is 21.0 Å². The van der Waals surface area contributed by atoms with E-state index in [2.05, 4.69) is 235 Å². The second-order valence-corrected chi connectivity index (χ2v) is 17.4. The van der Waals surface area contributed by atoms with E-state index < -0.39 is 5.79 Å². The van der Waals surface area contributed by atoms with Gasteiger partial charge >= 0.3 is 0 Å². The van der Waals surface area contributed by atoms with Crippen LogP contribution in [0.1, 0.15) is 16.7 Å². The molecule has 0 aliphatic carbocycles. The average molecular weight is 839 g/mol. The van der Waals surface area contributed by atoms with Gasteiger partial charge in [-0.2, -0.15) is 0 Å². The van der Waals surface area contributed by atoms with Crippen LogP contribution in [0.5, 0.6) is 0 Å². The normalized spacial score (nSPS) is 13.8. The molecule has 13 aromatic rings. The summed E-state index contributed by atoms with van der Waals surface area (Å²) in [5.41, 5.74) is 9.44. The predicted octanol–water partition coefficient (Wildman–Crippen LogP) is 15.3. The molecule has 14 rings (SSSR count). The van der Waals surface area contributed by atoms with Crippen molar-refractivity contribution in [2.75, 3.05) is 0 Å². The number of aromatic nitrogens is 2. The van der Waals surface area contributed by atoms with Gasteiger partial charge in [-0.1, -0.05) is 231 Å². The molecule has 0 N–H and O–H groups in total. The molecule has 0 fully saturated rings. The van der Waals surface area contributed by atoms with E-state index in [9.17, 15) is 0 Å². The van der Waals surface area contributed by atoms with Gasteiger partial charge in [-0.3, -0.25) is 4.57 Å². The molecule has 306 valence electrons. The minimum Gasteiger partial charge on any atom is -0.275 e. The fraction of sp³-hybridized carbons (Fsp3) is 0.0161. The largest absolute Gasteiger partial charge is 0.275 e. The van der Waals surface area contributed by atoms with Gasteiger partial charge in [0.15, 0.2) is 0 Å². The number of hydrogen-bond donors (Lipinski definition) is 0. The van der Waals surface area contributed by atoms with Crippen molar-refractivity contribution in [3.63, 3.8) is 0 Å². The molecule has 0 amide bonds. The van der Waals surface area contributed by atoms with Crippen LogP contribution in [-0.2, 0) is 5.79 Å². The number of imidazole rings is 1. The molecule has 1 aromatic heterocycles. The van der Waals surface area contributed by atoms with Crippen LogP contribution in [0.3, 0.4) is 0 Å². The maximum absolute atomic E-state index is 6.15. The molecule has 0 spiro atoms. The Morgan fingerprint density at radius 3 is 1.26 bits per heavy atom. The van der Waals surface area contributed by atoms with Gasteiger partial charge in [-0.15, -0.1) is 0 Å². The third kappa shape index (κ3) is 5.30. The lowest BCUT2D eigenvalue weighted by molar-refractivity contribution is 0.412. The number of rotatable bonds is 7. The van der Waals surface area contributed by atoms with Gasteiger partial charge in [0, 0.05) is 33.4 Å². The Morgan fingerprint density at radius 1 is 0.318 bits per heavy atom. The van der Waals surface area contributed by atoms with Crippen LogP contribution < -0.4 is 0 Å². The molecular weight excluding hydrogens is 801 g/mol. The first-order chi connectivity index (χ1) is 32.7. The summed E-state index contributed by atoms with van der Waals surface area (Å²) in [7, 11) is 0. The summed E-state index contributed by atoms with van der Waals surface area (Å²) in [5.74, 6) is -0.617. The van der Waals surface area contributed by atoms with Crippen LogP contribution in [0.4, 0.5) is 0 Å². The monoisotopic (exact) mass is 838 g/mol. The SMILES string of the molecule is c1ccc(C2=NC(c3ccc4ccc5cccc6ccc3c4c56)(n3c(-c4ccc5ccc6cccc7ccc4c5c67)nc(-c4ccccc4)c3-c3ccccc3)N=C2c2ccccc2)cc1. The van der Waals surface area contributed by atoms with Gasteiger partial charge in [0.05, 0.1) is 22.8 Å². The lowest BCUT2D eigenvalue weighted by Crippen LogP contribution is -2.31. The van der Waals surface area contributed by atoms with Crippen molar-refractivity contribution in [2.45, 2.75) is 5.79 Å². The van der Waals surface area contributed by atoms with Gasteiger partial charge in [-0.25, -0.2) is 15.0 Å². The topological polar surface area (TPSA) is 42.5 Å². The molecule has 0 bridgehead atoms. The molecule has 4 nitrogen and oxygen atoms in total. The summed E-state index contributed by atoms with van der Waals surface area (Å²) < 4.78 is 2.39. The Hall–Kier alpha value is -8.73. The molecule has 0 saturated heterocycles. The van der Waals surface area contributed by atoms with E-state index in [4.69, 9.17) is 15.0 Å². The maximum atomic E-state index is 6.15. The highest BCUT2D eigenvalue weighted by Crippen LogP contribution is 2.51. The van der Waals surface area contributed by atoms with Crippen molar-refractivity contribution in [3.8, 4) is 33.9 Å². The van der Waals surface area contributed by atoms with Crippen LogP contribution >= 0.6 is 0 Å². The zero-order valence-electron chi connectivity index (χ0n) is 35.7. The molecule has 0 atom stereocenters. The van der Waals surface area contributed by atoms with Crippen molar-refractivity contribution < 1.29 is 0 Å². The van der Waals surface area contributed by atoms with Crippen molar-refractivity contribution >= 4 is 76.1 Å². The minimum absolute atomic E-state index is 0.783. The minimum atomic E-state index is -1.40. The van der Waals surface area contributed by atoms with Crippen LogP contribution in [0.2, 0.25) is 0 Å². The fourth-order valence-electron chi connectivity index (χ4n) is 10.9. The van der Waals surface area contributed by atoms with Crippen LogP contribution in [0.25, 0.3) is 98.5 Å². The van der Waals surface area contributed by atoms with Crippen LogP contribution in [0, 0.1) is 0 Å². The molecule has 0 unspecified atom stereocenters. The third-order valence-corrected chi connectivity index (χ3v) is 13.8. The van der Waals surface area contributed by atoms with Gasteiger partial charge in [-0.05, 0) is 64.6 Å². The fourth-order valence-corrected chi connectivity index (χ4v) is 10.9. The quantitative estimate of drug-likeness (QED) is 0.147. The van der Waals surface area contributed by atoms with E-state index in [0.29, 0.717) is 0 Å². The average Bonchev–Trinajstić information content (AvgIpc) is 4.00. The highest BCUT2D eigenvalue weighted by atomic mass is 15.4. The Bertz CT molecular complexity index is 3990. The predicted molar refractivity (Wildman–Crippen MR) is 275 cm³/mol. The summed E-state index contributed by atoms with van der Waals surface area (Å²) >= 11 is 0. The number of aliphatic imine (C=N–C) groups is 2. The van der Waals surface area contributed by atoms with Crippen molar-refractivity contribution in [1.82, 2.24) is 9.55 Å². The Kier molecular flexibility index (Phi) is 7.87. The zero-order chi connectivity index (χ0) is 43.3. The summed E-state index contributed by atoms with van der Waals surface area (Å²) in [6, 6.07) is 82.8. The molecule has 0 radical (unpaired) electrons. The van der Waals surface area contributed by atoms with E-state index >= 15 is 0 Å². The summed E-state index contributed by atoms with van der Waals surface area (Å²) in [4.78, 5) is 18.2. The molecule has 66 heavy (non-hydrogen) atoms. The first-order valence-corrected chi connectivity index (χ1v) is 22.6. The van der Waals surface area contributed by atoms with Crippen LogP contribution in [0.15, 0.2) is 241 Å². The molecule has 1 aliphatic heterocycles. The summed E-state index contributed by atoms with van der Waals surface area (Å²) in [6.07, 6.45) is 0. The molecule has 12 aromatic carbocycles. The number of hydrogen-bond acceptors (Lipinski definition) is 3. The van der Waals surface area contributed by atoms with Gasteiger partial charge in [0.1, 0.15) is 5.82 Å². The van der Waals surface area contributed by atoms with Gasteiger partial charge in [0.2, 0.25) is 0 Å². The Morgan fingerprint density at radius 2 is 0.727 bits per heavy atom. The first kappa shape index (κ1) is 36.7. The van der Waals surface area contributed by atoms with E-state index in [1.807, 2.05) is 0 Å². The van der Waals surface area contributed by atoms with E-state index in [0.717, 1.165) is 72.8 Å². The molecule has 1 aliphatic rings. The standard InChI is InChI=1S/C62H38N4/c1-5-15-45(16-6-1)57-58(46-17-7-2-8-18-46)65-62(64-57,52-38-34-44-30-28-40-24-14-26-42-33-37-51(52)56(44)54(40)42)66-60(48-21-11-4-12-22-48)59(47-19-9-3-10-20-47)63-61(66)50-36-32-43-29-27-39-23-13-25-41-31-35-49(50)55(43)53(39)41/h1-38H. The lowest BCUT2D eigenvalue weighted by atomic mass is 9.89. The molecular formula is C62H38N4. The molecule has 4 heteroatoms. The number of nitrogens with zero attached hydrogens (tertiary/aromatic N) is 4. The van der Waals surface area contributed by atoms with E-state index in [1.165, 1.54) is 53.9 Å². The Labute approximate surface area is 380 Å². The maximum Gasteiger partial charge on any atom is 0.262 e. The van der Waals surface area contributed by atoms with Gasteiger partial charge < -0.3 is 0 Å². The second kappa shape index (κ2) is 14.1. The second-order valence-electron chi connectivity index (χ2n) is 17.4. The van der Waals surface area contributed by atoms with Crippen molar-refractivity contribution in [3.05, 3.63) is 247 Å². The first-order valence-electron chi connectivity index (χ1n) is 22.6. The highest BCUT2D eigenvalue weighted by molar-refractivity contribution is 6.54. The van der Waals surface area contributed by atoms with E-state index in [1.54, 1.807) is 0 Å². The molecule has 0 saturated carbocycles. The smallest absolute Gasteiger partial charge is 0.262 e. The van der Waals surface area contributed by atoms with Gasteiger partial charge in [0.25, 0.3) is 5.79 Å². The lowest BCUT2D eigenvalue weighted by Gasteiger charge is -2.31. The van der Waals surface area contributed by atoms with E-state index in [-0.39, 0.29) is 0 Å². The van der Waals surface area contributed by atoms with Crippen molar-refractivity contribution in [2.24, 2.45) is 9.98 Å². The summed E-state index contributed by atoms with van der Waals surface area (Å²) in [5, 5.41) is 14.4. The summed E-state index contributed by atoms with van der Waals surface area (Å²) in [6.45, 7) is 0. The molecule has 2 heterocycles.